The van der Waals surface area contributed by atoms with Crippen LogP contribution in [0.5, 0.6) is 11.6 Å². The maximum atomic E-state index is 12.2. The number of ketones is 1. The summed E-state index contributed by atoms with van der Waals surface area (Å²) in [6.07, 6.45) is 3.15. The van der Waals surface area contributed by atoms with Gasteiger partial charge in [0.05, 0.1) is 14.2 Å². The fourth-order valence-corrected chi connectivity index (χ4v) is 1.77. The average molecular weight is 258 g/mol. The molecule has 2 rings (SSSR count). The Kier molecular flexibility index (Phi) is 4.07. The lowest BCUT2D eigenvalue weighted by Gasteiger charge is -2.08. The van der Waals surface area contributed by atoms with Gasteiger partial charge in [0, 0.05) is 24.4 Å². The lowest BCUT2D eigenvalue weighted by Crippen LogP contribution is -2.09. The van der Waals surface area contributed by atoms with Crippen molar-refractivity contribution in [2.75, 3.05) is 14.2 Å². The summed E-state index contributed by atoms with van der Waals surface area (Å²) in [6, 6.07) is 7.38. The molecular formula is C14H14N2O3. The standard InChI is InChI=1S/C14H14N2O3/c1-18-12-6-4-3-5-10(12)9-11(17)13-14(19-2)16-8-7-15-13/h3-8H,9H2,1-2H3. The van der Waals surface area contributed by atoms with Gasteiger partial charge in [-0.05, 0) is 6.07 Å². The van der Waals surface area contributed by atoms with Crippen molar-refractivity contribution in [2.24, 2.45) is 0 Å². The van der Waals surface area contributed by atoms with E-state index in [0.717, 1.165) is 5.56 Å². The van der Waals surface area contributed by atoms with Crippen molar-refractivity contribution >= 4 is 5.78 Å². The molecule has 0 unspecified atom stereocenters. The highest BCUT2D eigenvalue weighted by Gasteiger charge is 2.16. The molecule has 1 heterocycles. The van der Waals surface area contributed by atoms with E-state index in [2.05, 4.69) is 9.97 Å². The normalized spacial score (nSPS) is 10.0. The number of methoxy groups -OCH3 is 2. The molecule has 0 radical (unpaired) electrons. The van der Waals surface area contributed by atoms with Crippen molar-refractivity contribution in [2.45, 2.75) is 6.42 Å². The lowest BCUT2D eigenvalue weighted by atomic mass is 10.1. The molecule has 0 saturated carbocycles. The Hall–Kier alpha value is -2.43. The van der Waals surface area contributed by atoms with E-state index in [0.29, 0.717) is 5.75 Å². The van der Waals surface area contributed by atoms with Gasteiger partial charge in [0.15, 0.2) is 11.5 Å². The number of ether oxygens (including phenoxy) is 2. The Labute approximate surface area is 111 Å². The van der Waals surface area contributed by atoms with Crippen LogP contribution in [0, 0.1) is 0 Å². The maximum absolute atomic E-state index is 12.2. The zero-order valence-electron chi connectivity index (χ0n) is 10.8. The third kappa shape index (κ3) is 2.88. The first-order chi connectivity index (χ1) is 9.26. The topological polar surface area (TPSA) is 61.3 Å². The second kappa shape index (κ2) is 5.95. The monoisotopic (exact) mass is 258 g/mol. The fourth-order valence-electron chi connectivity index (χ4n) is 1.77. The van der Waals surface area contributed by atoms with Crippen molar-refractivity contribution in [3.05, 3.63) is 47.9 Å². The van der Waals surface area contributed by atoms with Crippen molar-refractivity contribution < 1.29 is 14.3 Å². The number of benzene rings is 1. The van der Waals surface area contributed by atoms with Crippen LogP contribution in [-0.4, -0.2) is 30.0 Å². The molecule has 1 aromatic heterocycles. The lowest BCUT2D eigenvalue weighted by molar-refractivity contribution is 0.0983. The predicted molar refractivity (Wildman–Crippen MR) is 69.6 cm³/mol. The Bertz CT molecular complexity index is 584. The number of carbonyl (C=O) groups is 1. The molecule has 5 heteroatoms. The van der Waals surface area contributed by atoms with Gasteiger partial charge >= 0.3 is 0 Å². The zero-order chi connectivity index (χ0) is 13.7. The van der Waals surface area contributed by atoms with Gasteiger partial charge in [-0.1, -0.05) is 18.2 Å². The Morgan fingerprint density at radius 3 is 2.58 bits per heavy atom. The fraction of sp³-hybridized carbons (Fsp3) is 0.214. The number of hydrogen-bond donors (Lipinski definition) is 0. The maximum Gasteiger partial charge on any atom is 0.243 e. The van der Waals surface area contributed by atoms with Crippen LogP contribution in [0.3, 0.4) is 0 Å². The predicted octanol–water partition coefficient (Wildman–Crippen LogP) is 1.92. The quantitative estimate of drug-likeness (QED) is 0.767. The number of hydrogen-bond acceptors (Lipinski definition) is 5. The Morgan fingerprint density at radius 1 is 1.11 bits per heavy atom. The molecule has 5 nitrogen and oxygen atoms in total. The van der Waals surface area contributed by atoms with Crippen LogP contribution in [0.1, 0.15) is 16.1 Å². The molecule has 1 aromatic carbocycles. The minimum absolute atomic E-state index is 0.158. The minimum atomic E-state index is -0.158. The van der Waals surface area contributed by atoms with Gasteiger partial charge in [-0.25, -0.2) is 9.97 Å². The molecule has 0 aliphatic carbocycles. The summed E-state index contributed by atoms with van der Waals surface area (Å²) in [5, 5.41) is 0. The summed E-state index contributed by atoms with van der Waals surface area (Å²) in [5.74, 6) is 0.760. The molecule has 0 aliphatic heterocycles. The van der Waals surface area contributed by atoms with Crippen molar-refractivity contribution in [3.8, 4) is 11.6 Å². The molecule has 0 spiro atoms. The van der Waals surface area contributed by atoms with E-state index < -0.39 is 0 Å². The van der Waals surface area contributed by atoms with E-state index in [-0.39, 0.29) is 23.8 Å². The summed E-state index contributed by atoms with van der Waals surface area (Å²) in [4.78, 5) is 20.2. The largest absolute Gasteiger partial charge is 0.496 e. The van der Waals surface area contributed by atoms with E-state index in [1.54, 1.807) is 7.11 Å². The molecular weight excluding hydrogens is 244 g/mol. The molecule has 0 bridgehead atoms. The molecule has 0 aliphatic rings. The second-order valence-electron chi connectivity index (χ2n) is 3.83. The van der Waals surface area contributed by atoms with Crippen LogP contribution >= 0.6 is 0 Å². The SMILES string of the molecule is COc1ccccc1CC(=O)c1nccnc1OC. The van der Waals surface area contributed by atoms with Crippen LogP contribution in [-0.2, 0) is 6.42 Å². The zero-order valence-corrected chi connectivity index (χ0v) is 10.8. The number of aromatic nitrogens is 2. The summed E-state index contributed by atoms with van der Waals surface area (Å²) >= 11 is 0. The van der Waals surface area contributed by atoms with E-state index >= 15 is 0 Å². The average Bonchev–Trinajstić information content (AvgIpc) is 2.47. The first-order valence-electron chi connectivity index (χ1n) is 5.76. The second-order valence-corrected chi connectivity index (χ2v) is 3.83. The van der Waals surface area contributed by atoms with Gasteiger partial charge in [0.1, 0.15) is 5.75 Å². The van der Waals surface area contributed by atoms with E-state index in [1.807, 2.05) is 24.3 Å². The highest BCUT2D eigenvalue weighted by Crippen LogP contribution is 2.21. The Balaban J connectivity index is 2.26. The molecule has 0 atom stereocenters. The van der Waals surface area contributed by atoms with Crippen molar-refractivity contribution in [3.63, 3.8) is 0 Å². The smallest absolute Gasteiger partial charge is 0.243 e. The van der Waals surface area contributed by atoms with Gasteiger partial charge in [0.2, 0.25) is 5.88 Å². The van der Waals surface area contributed by atoms with Crippen molar-refractivity contribution in [1.29, 1.82) is 0 Å². The molecule has 0 amide bonds. The van der Waals surface area contributed by atoms with Gasteiger partial charge in [-0.3, -0.25) is 4.79 Å². The van der Waals surface area contributed by atoms with E-state index in [4.69, 9.17) is 9.47 Å². The molecule has 0 N–H and O–H groups in total. The summed E-state index contributed by atoms with van der Waals surface area (Å²) in [6.45, 7) is 0. The highest BCUT2D eigenvalue weighted by molar-refractivity contribution is 5.97. The first-order valence-corrected chi connectivity index (χ1v) is 5.76. The molecule has 0 fully saturated rings. The molecule has 19 heavy (non-hydrogen) atoms. The van der Waals surface area contributed by atoms with Crippen molar-refractivity contribution in [1.82, 2.24) is 9.97 Å². The van der Waals surface area contributed by atoms with Gasteiger partial charge in [0.25, 0.3) is 0 Å². The number of carbonyl (C=O) groups excluding carboxylic acids is 1. The minimum Gasteiger partial charge on any atom is -0.496 e. The van der Waals surface area contributed by atoms with Crippen LogP contribution in [0.2, 0.25) is 0 Å². The van der Waals surface area contributed by atoms with Gasteiger partial charge in [-0.15, -0.1) is 0 Å². The Morgan fingerprint density at radius 2 is 1.84 bits per heavy atom. The van der Waals surface area contributed by atoms with Crippen LogP contribution < -0.4 is 9.47 Å². The first kappa shape index (κ1) is 13.0. The molecule has 2 aromatic rings. The molecule has 0 saturated heterocycles. The van der Waals surface area contributed by atoms with Crippen LogP contribution in [0.25, 0.3) is 0 Å². The number of Topliss-reactive ketones (excluding diaryl/α,β-unsaturated/α-hetero) is 1. The summed E-state index contributed by atoms with van der Waals surface area (Å²) in [7, 11) is 3.04. The number of para-hydroxylation sites is 1. The highest BCUT2D eigenvalue weighted by atomic mass is 16.5. The van der Waals surface area contributed by atoms with Crippen LogP contribution in [0.15, 0.2) is 36.7 Å². The number of nitrogens with zero attached hydrogens (tertiary/aromatic N) is 2. The van der Waals surface area contributed by atoms with E-state index in [1.165, 1.54) is 19.5 Å². The van der Waals surface area contributed by atoms with E-state index in [9.17, 15) is 4.79 Å². The van der Waals surface area contributed by atoms with Gasteiger partial charge < -0.3 is 9.47 Å². The third-order valence-electron chi connectivity index (χ3n) is 2.67. The third-order valence-corrected chi connectivity index (χ3v) is 2.67. The van der Waals surface area contributed by atoms with Crippen LogP contribution in [0.4, 0.5) is 0 Å². The summed E-state index contributed by atoms with van der Waals surface area (Å²) < 4.78 is 10.3. The number of rotatable bonds is 5. The molecule has 98 valence electrons. The van der Waals surface area contributed by atoms with Gasteiger partial charge in [-0.2, -0.15) is 0 Å². The summed E-state index contributed by atoms with van der Waals surface area (Å²) in [5.41, 5.74) is 1.04.